The van der Waals surface area contributed by atoms with Gasteiger partial charge < -0.3 is 18.9 Å². The molecule has 24 heavy (non-hydrogen) atoms. The molecule has 4 aliphatic heterocycles. The zero-order valence-electron chi connectivity index (χ0n) is 12.9. The summed E-state index contributed by atoms with van der Waals surface area (Å²) in [6.45, 7) is 0. The van der Waals surface area contributed by atoms with Crippen LogP contribution >= 0.6 is 0 Å². The summed E-state index contributed by atoms with van der Waals surface area (Å²) in [5.74, 6) is -1.42. The molecule has 0 bridgehead atoms. The Morgan fingerprint density at radius 1 is 0.500 bits per heavy atom. The minimum absolute atomic E-state index is 0.355. The van der Waals surface area contributed by atoms with Crippen LogP contribution in [-0.4, -0.2) is 23.1 Å². The summed E-state index contributed by atoms with van der Waals surface area (Å²) in [6.07, 6.45) is 3.35. The number of rotatable bonds is 0. The van der Waals surface area contributed by atoms with E-state index in [2.05, 4.69) is 36.4 Å². The molecule has 0 unspecified atom stereocenters. The van der Waals surface area contributed by atoms with Crippen molar-refractivity contribution in [3.63, 3.8) is 0 Å². The summed E-state index contributed by atoms with van der Waals surface area (Å²) < 4.78 is 23.9. The fraction of sp³-hybridized carbons (Fsp3) is 0.400. The third kappa shape index (κ3) is 1.06. The summed E-state index contributed by atoms with van der Waals surface area (Å²) in [7, 11) is 0. The quantitative estimate of drug-likeness (QED) is 0.700. The van der Waals surface area contributed by atoms with Crippen LogP contribution in [0.1, 0.15) is 22.3 Å². The maximum absolute atomic E-state index is 5.96. The Morgan fingerprint density at radius 2 is 0.792 bits per heavy atom. The predicted molar refractivity (Wildman–Crippen MR) is 82.0 cm³/mol. The monoisotopic (exact) mass is 318 g/mol. The molecule has 8 rings (SSSR count). The van der Waals surface area contributed by atoms with Crippen molar-refractivity contribution in [2.75, 3.05) is 0 Å². The second kappa shape index (κ2) is 2.97. The molecule has 4 fully saturated rings. The van der Waals surface area contributed by atoms with Crippen molar-refractivity contribution >= 4 is 0 Å². The molecule has 0 aromatic heterocycles. The highest BCUT2D eigenvalue weighted by Crippen LogP contribution is 2.74. The topological polar surface area (TPSA) is 50.1 Å². The van der Waals surface area contributed by atoms with Gasteiger partial charge in [-0.15, -0.1) is 0 Å². The molecule has 4 nitrogen and oxygen atoms in total. The highest BCUT2D eigenvalue weighted by molar-refractivity contribution is 5.79. The number of hydrogen-bond donors (Lipinski definition) is 0. The fourth-order valence-corrected chi connectivity index (χ4v) is 5.35. The lowest BCUT2D eigenvalue weighted by molar-refractivity contribution is -0.0947. The van der Waals surface area contributed by atoms with Gasteiger partial charge in [0.25, 0.3) is 0 Å². The van der Waals surface area contributed by atoms with Gasteiger partial charge in [-0.3, -0.25) is 0 Å². The first-order valence-electron chi connectivity index (χ1n) is 8.70. The van der Waals surface area contributed by atoms with Crippen LogP contribution in [0.4, 0.5) is 0 Å². The van der Waals surface area contributed by atoms with Gasteiger partial charge in [-0.1, -0.05) is 36.4 Å². The first-order valence-corrected chi connectivity index (χ1v) is 8.70. The van der Waals surface area contributed by atoms with E-state index < -0.39 is 0 Å². The van der Waals surface area contributed by atoms with Gasteiger partial charge in [-0.05, 0) is 33.4 Å². The van der Waals surface area contributed by atoms with Gasteiger partial charge in [-0.2, -0.15) is 0 Å². The van der Waals surface area contributed by atoms with E-state index in [1.165, 1.54) is 33.4 Å². The summed E-state index contributed by atoms with van der Waals surface area (Å²) >= 11 is 0. The Hall–Kier alpha value is -1.72. The van der Waals surface area contributed by atoms with Gasteiger partial charge in [0.1, 0.15) is 0 Å². The van der Waals surface area contributed by atoms with E-state index in [1.54, 1.807) is 0 Å². The molecule has 2 aliphatic carbocycles. The van der Waals surface area contributed by atoms with E-state index in [9.17, 15) is 0 Å². The minimum atomic E-state index is -0.355. The van der Waals surface area contributed by atoms with Crippen LogP contribution in [0, 0.1) is 0 Å². The molecule has 4 heteroatoms. The lowest BCUT2D eigenvalue weighted by Crippen LogP contribution is -2.15. The summed E-state index contributed by atoms with van der Waals surface area (Å²) in [5, 5.41) is 0. The van der Waals surface area contributed by atoms with Crippen LogP contribution in [0.15, 0.2) is 36.4 Å². The highest BCUT2D eigenvalue weighted by atomic mass is 17.1. The maximum atomic E-state index is 5.96. The van der Waals surface area contributed by atoms with E-state index in [1.807, 2.05) is 0 Å². The van der Waals surface area contributed by atoms with E-state index in [0.29, 0.717) is 0 Å². The molecule has 0 spiro atoms. The molecule has 4 heterocycles. The Balaban J connectivity index is 1.49. The van der Waals surface area contributed by atoms with Gasteiger partial charge in [0.05, 0.1) is 0 Å². The normalized spacial score (nSPS) is 46.5. The van der Waals surface area contributed by atoms with E-state index in [-0.39, 0.29) is 23.1 Å². The molecule has 0 atom stereocenters. The Kier molecular flexibility index (Phi) is 1.46. The minimum Gasteiger partial charge on any atom is -0.306 e. The molecule has 0 N–H and O–H groups in total. The van der Waals surface area contributed by atoms with Crippen molar-refractivity contribution < 1.29 is 18.9 Å². The van der Waals surface area contributed by atoms with Crippen molar-refractivity contribution in [2.45, 2.75) is 48.8 Å². The van der Waals surface area contributed by atoms with Crippen LogP contribution in [-0.2, 0) is 44.6 Å². The van der Waals surface area contributed by atoms with Gasteiger partial charge in [0, 0.05) is 25.7 Å². The second-order valence-corrected chi connectivity index (χ2v) is 8.03. The first kappa shape index (κ1) is 11.8. The molecule has 4 saturated heterocycles. The zero-order chi connectivity index (χ0) is 15.4. The average molecular weight is 318 g/mol. The van der Waals surface area contributed by atoms with Crippen molar-refractivity contribution in [2.24, 2.45) is 0 Å². The van der Waals surface area contributed by atoms with Crippen LogP contribution in [0.2, 0.25) is 0 Å². The highest BCUT2D eigenvalue weighted by Gasteiger charge is 2.91. The van der Waals surface area contributed by atoms with Crippen molar-refractivity contribution in [1.82, 2.24) is 0 Å². The number of epoxide rings is 4. The average Bonchev–Trinajstić information content (AvgIpc) is 3.41. The third-order valence-electron chi connectivity index (χ3n) is 6.73. The molecular formula is C20H14O4. The van der Waals surface area contributed by atoms with Crippen LogP contribution < -0.4 is 0 Å². The van der Waals surface area contributed by atoms with E-state index >= 15 is 0 Å². The maximum Gasteiger partial charge on any atom is 0.233 e. The smallest absolute Gasteiger partial charge is 0.233 e. The summed E-state index contributed by atoms with van der Waals surface area (Å²) in [6, 6.07) is 13.2. The summed E-state index contributed by atoms with van der Waals surface area (Å²) in [4.78, 5) is 0. The van der Waals surface area contributed by atoms with Gasteiger partial charge in [0.2, 0.25) is 23.1 Å². The van der Waals surface area contributed by atoms with E-state index in [4.69, 9.17) is 18.9 Å². The SMILES string of the molecule is c1cc2c3c(c1)CC14OC1(Cc1cccc(c1-3)CC13OC1(C2)O3)O4. The van der Waals surface area contributed by atoms with Crippen LogP contribution in [0.5, 0.6) is 0 Å². The molecule has 2 aromatic carbocycles. The summed E-state index contributed by atoms with van der Waals surface area (Å²) in [5.41, 5.74) is 8.03. The Morgan fingerprint density at radius 3 is 1.08 bits per heavy atom. The number of hydrogen-bond acceptors (Lipinski definition) is 4. The molecular weight excluding hydrogens is 304 g/mol. The first-order chi connectivity index (χ1) is 11.7. The fourth-order valence-electron chi connectivity index (χ4n) is 5.35. The number of ether oxygens (including phenoxy) is 4. The largest absolute Gasteiger partial charge is 0.306 e. The molecule has 0 saturated carbocycles. The van der Waals surface area contributed by atoms with Gasteiger partial charge >= 0.3 is 0 Å². The van der Waals surface area contributed by atoms with Crippen molar-refractivity contribution in [1.29, 1.82) is 0 Å². The molecule has 0 amide bonds. The molecule has 118 valence electrons. The van der Waals surface area contributed by atoms with Gasteiger partial charge in [-0.25, -0.2) is 0 Å². The number of benzene rings is 2. The Bertz CT molecular complexity index is 845. The standard InChI is InChI=1S/C20H14O4/c1-3-11-7-17-19(21-17,22-17)9-13-5-2-6-14-10-20-18(23-20,24-20)8-12(4-1)15(11)16(13)14/h1-6H,7-10H2. The molecule has 0 radical (unpaired) electrons. The Labute approximate surface area is 138 Å². The van der Waals surface area contributed by atoms with Crippen molar-refractivity contribution in [3.8, 4) is 11.1 Å². The lowest BCUT2D eigenvalue weighted by atomic mass is 9.79. The van der Waals surface area contributed by atoms with Gasteiger partial charge in [0.15, 0.2) is 0 Å². The van der Waals surface area contributed by atoms with E-state index in [0.717, 1.165) is 25.7 Å². The third-order valence-corrected chi connectivity index (χ3v) is 6.73. The van der Waals surface area contributed by atoms with Crippen molar-refractivity contribution in [3.05, 3.63) is 58.7 Å². The lowest BCUT2D eigenvalue weighted by Gasteiger charge is -2.21. The second-order valence-electron chi connectivity index (χ2n) is 8.03. The van der Waals surface area contributed by atoms with Crippen LogP contribution in [0.25, 0.3) is 11.1 Å². The zero-order valence-corrected chi connectivity index (χ0v) is 12.9. The van der Waals surface area contributed by atoms with Crippen LogP contribution in [0.3, 0.4) is 0 Å². The molecule has 2 aromatic rings. The predicted octanol–water partition coefficient (Wildman–Crippen LogP) is 2.46. The molecule has 6 aliphatic rings.